The second-order valence-electron chi connectivity index (χ2n) is 4.67. The number of carbonyl (C=O) groups excluding carboxylic acids is 2. The van der Waals surface area contributed by atoms with Gasteiger partial charge in [-0.05, 0) is 18.6 Å². The van der Waals surface area contributed by atoms with Gasteiger partial charge in [-0.25, -0.2) is 0 Å². The van der Waals surface area contributed by atoms with Crippen molar-refractivity contribution in [3.8, 4) is 0 Å². The van der Waals surface area contributed by atoms with E-state index in [9.17, 15) is 9.59 Å². The minimum Gasteiger partial charge on any atom is -0.354 e. The van der Waals surface area contributed by atoms with Crippen LogP contribution in [0.5, 0.6) is 0 Å². The summed E-state index contributed by atoms with van der Waals surface area (Å²) in [5.41, 5.74) is 6.46. The molecular formula is C14H20BrN3O2. The normalized spacial score (nSPS) is 11.8. The number of nitrogens with zero attached hydrogens (tertiary/aromatic N) is 1. The SMILES string of the molecule is C[C@H](N)C(=O)NCCC(=O)N(C)Cc1ccccc1Br. The quantitative estimate of drug-likeness (QED) is 0.817. The molecule has 0 unspecified atom stereocenters. The highest BCUT2D eigenvalue weighted by molar-refractivity contribution is 9.10. The summed E-state index contributed by atoms with van der Waals surface area (Å²) >= 11 is 3.45. The topological polar surface area (TPSA) is 75.4 Å². The molecule has 6 heteroatoms. The number of halogens is 1. The Morgan fingerprint density at radius 2 is 2.05 bits per heavy atom. The lowest BCUT2D eigenvalue weighted by Gasteiger charge is -2.18. The fourth-order valence-electron chi connectivity index (χ4n) is 1.61. The van der Waals surface area contributed by atoms with Crippen LogP contribution in [0.15, 0.2) is 28.7 Å². The molecule has 0 saturated heterocycles. The highest BCUT2D eigenvalue weighted by Gasteiger charge is 2.12. The van der Waals surface area contributed by atoms with Gasteiger partial charge in [0.05, 0.1) is 6.04 Å². The Kier molecular flexibility index (Phi) is 6.67. The van der Waals surface area contributed by atoms with Gasteiger partial charge >= 0.3 is 0 Å². The number of hydrogen-bond acceptors (Lipinski definition) is 3. The van der Waals surface area contributed by atoms with Crippen LogP contribution in [0, 0.1) is 0 Å². The van der Waals surface area contributed by atoms with E-state index in [0.29, 0.717) is 13.1 Å². The Labute approximate surface area is 127 Å². The molecule has 0 spiro atoms. The van der Waals surface area contributed by atoms with Gasteiger partial charge in [0, 0.05) is 31.0 Å². The summed E-state index contributed by atoms with van der Waals surface area (Å²) in [5.74, 6) is -0.267. The van der Waals surface area contributed by atoms with Gasteiger partial charge in [0.1, 0.15) is 0 Å². The van der Waals surface area contributed by atoms with Crippen LogP contribution in [0.2, 0.25) is 0 Å². The predicted molar refractivity (Wildman–Crippen MR) is 81.9 cm³/mol. The van der Waals surface area contributed by atoms with Gasteiger partial charge in [0.15, 0.2) is 0 Å². The van der Waals surface area contributed by atoms with Crippen LogP contribution in [0.4, 0.5) is 0 Å². The van der Waals surface area contributed by atoms with Gasteiger partial charge in [-0.3, -0.25) is 9.59 Å². The molecule has 1 aromatic carbocycles. The van der Waals surface area contributed by atoms with E-state index in [2.05, 4.69) is 21.2 Å². The van der Waals surface area contributed by atoms with Crippen molar-refractivity contribution < 1.29 is 9.59 Å². The first-order valence-electron chi connectivity index (χ1n) is 6.42. The van der Waals surface area contributed by atoms with Crippen molar-refractivity contribution in [3.05, 3.63) is 34.3 Å². The molecule has 0 saturated carbocycles. The van der Waals surface area contributed by atoms with Crippen LogP contribution in [-0.2, 0) is 16.1 Å². The number of nitrogens with two attached hydrogens (primary N) is 1. The summed E-state index contributed by atoms with van der Waals surface area (Å²) in [6.45, 7) is 2.44. The summed E-state index contributed by atoms with van der Waals surface area (Å²) in [6, 6.07) is 7.21. The molecule has 2 amide bonds. The van der Waals surface area contributed by atoms with E-state index < -0.39 is 6.04 Å². The van der Waals surface area contributed by atoms with E-state index in [4.69, 9.17) is 5.73 Å². The van der Waals surface area contributed by atoms with Crippen LogP contribution in [0.3, 0.4) is 0 Å². The van der Waals surface area contributed by atoms with E-state index in [1.165, 1.54) is 0 Å². The summed E-state index contributed by atoms with van der Waals surface area (Å²) in [5, 5.41) is 2.62. The van der Waals surface area contributed by atoms with E-state index in [1.807, 2.05) is 24.3 Å². The maximum absolute atomic E-state index is 11.9. The third-order valence-corrected chi connectivity index (χ3v) is 3.62. The average molecular weight is 342 g/mol. The maximum Gasteiger partial charge on any atom is 0.236 e. The van der Waals surface area contributed by atoms with Crippen LogP contribution in [0.1, 0.15) is 18.9 Å². The summed E-state index contributed by atoms with van der Waals surface area (Å²) in [4.78, 5) is 24.8. The third kappa shape index (κ3) is 5.30. The summed E-state index contributed by atoms with van der Waals surface area (Å²) < 4.78 is 0.977. The largest absolute Gasteiger partial charge is 0.354 e. The van der Waals surface area contributed by atoms with Crippen LogP contribution in [-0.4, -0.2) is 36.3 Å². The molecule has 0 radical (unpaired) electrons. The molecule has 1 atom stereocenters. The molecule has 0 aliphatic rings. The Bertz CT molecular complexity index is 477. The van der Waals surface area contributed by atoms with Crippen molar-refractivity contribution in [2.45, 2.75) is 25.9 Å². The van der Waals surface area contributed by atoms with Crippen LogP contribution in [0.25, 0.3) is 0 Å². The standard InChI is InChI=1S/C14H20BrN3O2/c1-10(16)14(20)17-8-7-13(19)18(2)9-11-5-3-4-6-12(11)15/h3-6,10H,7-9,16H2,1-2H3,(H,17,20)/t10-/m0/s1. The Morgan fingerprint density at radius 3 is 2.65 bits per heavy atom. The van der Waals surface area contributed by atoms with E-state index in [0.717, 1.165) is 10.0 Å². The smallest absolute Gasteiger partial charge is 0.236 e. The first-order valence-corrected chi connectivity index (χ1v) is 7.21. The highest BCUT2D eigenvalue weighted by atomic mass is 79.9. The van der Waals surface area contributed by atoms with Crippen molar-refractivity contribution in [2.24, 2.45) is 5.73 Å². The van der Waals surface area contributed by atoms with E-state index in [1.54, 1.807) is 18.9 Å². The fraction of sp³-hybridized carbons (Fsp3) is 0.429. The molecule has 1 aromatic rings. The van der Waals surface area contributed by atoms with Gasteiger partial charge < -0.3 is 16.0 Å². The summed E-state index contributed by atoms with van der Waals surface area (Å²) in [6.07, 6.45) is 0.263. The molecule has 0 fully saturated rings. The molecule has 110 valence electrons. The predicted octanol–water partition coefficient (Wildman–Crippen LogP) is 1.26. The molecule has 0 aliphatic heterocycles. The number of rotatable bonds is 6. The van der Waals surface area contributed by atoms with Gasteiger partial charge in [-0.2, -0.15) is 0 Å². The molecule has 5 nitrogen and oxygen atoms in total. The van der Waals surface area contributed by atoms with Crippen LogP contribution >= 0.6 is 15.9 Å². The number of carbonyl (C=O) groups is 2. The highest BCUT2D eigenvalue weighted by Crippen LogP contribution is 2.17. The molecule has 3 N–H and O–H groups in total. The monoisotopic (exact) mass is 341 g/mol. The lowest BCUT2D eigenvalue weighted by molar-refractivity contribution is -0.130. The van der Waals surface area contributed by atoms with Crippen LogP contribution < -0.4 is 11.1 Å². The maximum atomic E-state index is 11.9. The lowest BCUT2D eigenvalue weighted by Crippen LogP contribution is -2.40. The van der Waals surface area contributed by atoms with Crippen molar-refractivity contribution in [2.75, 3.05) is 13.6 Å². The Balaban J connectivity index is 2.40. The lowest BCUT2D eigenvalue weighted by atomic mass is 10.2. The van der Waals surface area contributed by atoms with Crippen molar-refractivity contribution in [3.63, 3.8) is 0 Å². The minimum absolute atomic E-state index is 0.0225. The molecular weight excluding hydrogens is 322 g/mol. The number of nitrogens with one attached hydrogen (secondary N) is 1. The Morgan fingerprint density at radius 1 is 1.40 bits per heavy atom. The minimum atomic E-state index is -0.553. The van der Waals surface area contributed by atoms with Crippen molar-refractivity contribution in [1.29, 1.82) is 0 Å². The average Bonchev–Trinajstić information content (AvgIpc) is 2.40. The molecule has 0 heterocycles. The van der Waals surface area contributed by atoms with E-state index >= 15 is 0 Å². The van der Waals surface area contributed by atoms with Gasteiger partial charge in [0.25, 0.3) is 0 Å². The third-order valence-electron chi connectivity index (χ3n) is 2.84. The zero-order chi connectivity index (χ0) is 15.1. The van der Waals surface area contributed by atoms with Crippen molar-refractivity contribution >= 4 is 27.7 Å². The number of hydrogen-bond donors (Lipinski definition) is 2. The second kappa shape index (κ2) is 8.01. The van der Waals surface area contributed by atoms with Gasteiger partial charge in [-0.1, -0.05) is 34.1 Å². The number of amides is 2. The van der Waals surface area contributed by atoms with Gasteiger partial charge in [0.2, 0.25) is 11.8 Å². The Hall–Kier alpha value is -1.40. The second-order valence-corrected chi connectivity index (χ2v) is 5.53. The number of benzene rings is 1. The zero-order valence-corrected chi connectivity index (χ0v) is 13.3. The molecule has 20 heavy (non-hydrogen) atoms. The molecule has 0 aromatic heterocycles. The molecule has 0 aliphatic carbocycles. The first kappa shape index (κ1) is 16.7. The first-order chi connectivity index (χ1) is 9.41. The fourth-order valence-corrected chi connectivity index (χ4v) is 2.02. The molecule has 0 bridgehead atoms. The van der Waals surface area contributed by atoms with E-state index in [-0.39, 0.29) is 18.2 Å². The van der Waals surface area contributed by atoms with Crippen molar-refractivity contribution in [1.82, 2.24) is 10.2 Å². The zero-order valence-electron chi connectivity index (χ0n) is 11.7. The summed E-state index contributed by atoms with van der Waals surface area (Å²) in [7, 11) is 1.75. The van der Waals surface area contributed by atoms with Gasteiger partial charge in [-0.15, -0.1) is 0 Å². The molecule has 1 rings (SSSR count).